The lowest BCUT2D eigenvalue weighted by molar-refractivity contribution is -0.137. The average molecular weight is 512 g/mol. The second-order valence-electron chi connectivity index (χ2n) is 7.96. The van der Waals surface area contributed by atoms with Gasteiger partial charge in [0, 0.05) is 24.7 Å². The lowest BCUT2D eigenvalue weighted by Gasteiger charge is -2.22. The molecule has 12 heteroatoms. The maximum atomic E-state index is 13.1. The summed E-state index contributed by atoms with van der Waals surface area (Å²) in [6, 6.07) is 8.31. The summed E-state index contributed by atoms with van der Waals surface area (Å²) in [6.07, 6.45) is -3.14. The number of carbonyl (C=O) groups excluding carboxylic acids is 2. The highest BCUT2D eigenvalue weighted by atomic mass is 32.2. The van der Waals surface area contributed by atoms with Gasteiger partial charge in [-0.15, -0.1) is 0 Å². The summed E-state index contributed by atoms with van der Waals surface area (Å²) in [7, 11) is -4.02. The number of amides is 2. The minimum Gasteiger partial charge on any atom is -0.395 e. The first-order chi connectivity index (χ1) is 16.5. The maximum absolute atomic E-state index is 13.1. The Hall–Kier alpha value is -3.22. The number of hydrogen-bond acceptors (Lipinski definition) is 5. The van der Waals surface area contributed by atoms with E-state index in [2.05, 4.69) is 17.2 Å². The van der Waals surface area contributed by atoms with Crippen molar-refractivity contribution >= 4 is 21.8 Å². The summed E-state index contributed by atoms with van der Waals surface area (Å²) in [5.74, 6) is -0.979. The predicted octanol–water partition coefficient (Wildman–Crippen LogP) is 2.06. The summed E-state index contributed by atoms with van der Waals surface area (Å²) in [5, 5.41) is 14.8. The molecule has 2 atom stereocenters. The largest absolute Gasteiger partial charge is 0.416 e. The van der Waals surface area contributed by atoms with Crippen LogP contribution in [-0.2, 0) is 27.5 Å². The summed E-state index contributed by atoms with van der Waals surface area (Å²) < 4.78 is 65.2. The van der Waals surface area contributed by atoms with Crippen LogP contribution in [-0.4, -0.2) is 54.9 Å². The third kappa shape index (κ3) is 6.27. The highest BCUT2D eigenvalue weighted by molar-refractivity contribution is 7.89. The second kappa shape index (κ2) is 10.6. The number of nitrogens with zero attached hydrogens (tertiary/aromatic N) is 1. The van der Waals surface area contributed by atoms with Crippen LogP contribution in [0.25, 0.3) is 0 Å². The molecule has 1 heterocycles. The van der Waals surface area contributed by atoms with Crippen LogP contribution in [0.2, 0.25) is 0 Å². The fourth-order valence-electron chi connectivity index (χ4n) is 3.72. The van der Waals surface area contributed by atoms with Gasteiger partial charge in [0.1, 0.15) is 0 Å². The molecule has 1 fully saturated rings. The number of nitrogens with one attached hydrogen (secondary N) is 2. The van der Waals surface area contributed by atoms with Crippen LogP contribution < -0.4 is 10.6 Å². The van der Waals surface area contributed by atoms with Gasteiger partial charge in [0.15, 0.2) is 0 Å². The van der Waals surface area contributed by atoms with E-state index in [-0.39, 0.29) is 30.0 Å². The summed E-state index contributed by atoms with van der Waals surface area (Å²) in [6.45, 7) is 2.89. The Morgan fingerprint density at radius 1 is 1.11 bits per heavy atom. The summed E-state index contributed by atoms with van der Waals surface area (Å²) in [5.41, 5.74) is -0.167. The van der Waals surface area contributed by atoms with Crippen LogP contribution >= 0.6 is 0 Å². The Kier molecular flexibility index (Phi) is 7.98. The average Bonchev–Trinajstić information content (AvgIpc) is 3.26. The van der Waals surface area contributed by atoms with E-state index >= 15 is 0 Å². The molecule has 3 rings (SSSR count). The summed E-state index contributed by atoms with van der Waals surface area (Å²) >= 11 is 0. The minimum atomic E-state index is -4.45. The monoisotopic (exact) mass is 511 g/mol. The van der Waals surface area contributed by atoms with Crippen LogP contribution in [0.4, 0.5) is 13.2 Å². The number of carbonyl (C=O) groups is 2. The van der Waals surface area contributed by atoms with Crippen molar-refractivity contribution in [2.24, 2.45) is 0 Å². The Morgan fingerprint density at radius 2 is 1.74 bits per heavy atom. The Morgan fingerprint density at radius 3 is 2.29 bits per heavy atom. The number of halogens is 3. The van der Waals surface area contributed by atoms with E-state index in [0.29, 0.717) is 5.56 Å². The molecule has 0 bridgehead atoms. The van der Waals surface area contributed by atoms with Gasteiger partial charge in [-0.25, -0.2) is 8.42 Å². The molecule has 2 aromatic rings. The fourth-order valence-corrected chi connectivity index (χ4v) is 5.39. The van der Waals surface area contributed by atoms with Crippen LogP contribution in [0.3, 0.4) is 0 Å². The van der Waals surface area contributed by atoms with E-state index in [4.69, 9.17) is 0 Å². The number of alkyl halides is 3. The molecule has 1 aliphatic heterocycles. The Bertz CT molecular complexity index is 1180. The van der Waals surface area contributed by atoms with Gasteiger partial charge in [0.05, 0.1) is 23.1 Å². The van der Waals surface area contributed by atoms with Gasteiger partial charge in [-0.1, -0.05) is 18.7 Å². The van der Waals surface area contributed by atoms with Crippen molar-refractivity contribution in [1.29, 1.82) is 0 Å². The highest BCUT2D eigenvalue weighted by Crippen LogP contribution is 2.29. The number of benzene rings is 2. The van der Waals surface area contributed by atoms with Gasteiger partial charge < -0.3 is 15.7 Å². The van der Waals surface area contributed by atoms with Crippen LogP contribution in [0.5, 0.6) is 0 Å². The molecule has 2 unspecified atom stereocenters. The molecule has 2 amide bonds. The molecule has 0 saturated carbocycles. The van der Waals surface area contributed by atoms with Crippen LogP contribution in [0, 0.1) is 0 Å². The molecule has 0 radical (unpaired) electrons. The number of sulfonamides is 1. The molecule has 1 aliphatic rings. The maximum Gasteiger partial charge on any atom is 0.416 e. The van der Waals surface area contributed by atoms with Gasteiger partial charge >= 0.3 is 6.18 Å². The molecular formula is C23H24F3N3O5S. The minimum absolute atomic E-state index is 0.0131. The van der Waals surface area contributed by atoms with Crippen molar-refractivity contribution in [3.8, 4) is 0 Å². The molecule has 0 aromatic heterocycles. The molecule has 1 saturated heterocycles. The molecule has 35 heavy (non-hydrogen) atoms. The smallest absolute Gasteiger partial charge is 0.395 e. The molecular weight excluding hydrogens is 487 g/mol. The van der Waals surface area contributed by atoms with Crippen molar-refractivity contribution in [3.63, 3.8) is 0 Å². The fraction of sp³-hybridized carbons (Fsp3) is 0.304. The van der Waals surface area contributed by atoms with Gasteiger partial charge in [-0.3, -0.25) is 9.59 Å². The van der Waals surface area contributed by atoms with Crippen molar-refractivity contribution in [3.05, 3.63) is 77.9 Å². The topological polar surface area (TPSA) is 116 Å². The van der Waals surface area contributed by atoms with E-state index < -0.39 is 52.3 Å². The molecule has 0 spiro atoms. The number of hydrogen-bond donors (Lipinski definition) is 3. The third-order valence-corrected chi connectivity index (χ3v) is 7.50. The molecule has 8 nitrogen and oxygen atoms in total. The third-order valence-electron chi connectivity index (χ3n) is 5.56. The Labute approximate surface area is 200 Å². The number of aliphatic hydroxyl groups is 1. The van der Waals surface area contributed by atoms with E-state index in [1.165, 1.54) is 36.4 Å². The molecule has 2 aromatic carbocycles. The molecule has 188 valence electrons. The Balaban J connectivity index is 1.65. The van der Waals surface area contributed by atoms with E-state index in [1.807, 2.05) is 0 Å². The lowest BCUT2D eigenvalue weighted by atomic mass is 10.1. The SMILES string of the molecule is C=CC(=O)NC1CC(CO)N(S(=O)(=O)c2ccc(C(=O)NCc3ccc(C(F)(F)F)cc3)cc2)C1. The lowest BCUT2D eigenvalue weighted by Crippen LogP contribution is -2.39. The van der Waals surface area contributed by atoms with Crippen molar-refractivity contribution < 1.29 is 36.3 Å². The number of rotatable bonds is 8. The zero-order valence-corrected chi connectivity index (χ0v) is 19.3. The normalized spacial score (nSPS) is 18.7. The first kappa shape index (κ1) is 26.4. The standard InChI is InChI=1S/C23H24F3N3O5S/c1-2-21(31)28-18-11-19(14-30)29(13-18)35(33,34)20-9-5-16(6-10-20)22(32)27-12-15-3-7-17(8-4-15)23(24,25)26/h2-10,18-19,30H,1,11-14H2,(H,27,32)(H,28,31). The first-order valence-corrected chi connectivity index (χ1v) is 12.0. The van der Waals surface area contributed by atoms with Crippen molar-refractivity contribution in [2.45, 2.75) is 36.1 Å². The van der Waals surface area contributed by atoms with Crippen molar-refractivity contribution in [1.82, 2.24) is 14.9 Å². The van der Waals surface area contributed by atoms with Gasteiger partial charge in [-0.2, -0.15) is 17.5 Å². The van der Waals surface area contributed by atoms with Crippen LogP contribution in [0.1, 0.15) is 27.9 Å². The highest BCUT2D eigenvalue weighted by Gasteiger charge is 2.40. The van der Waals surface area contributed by atoms with E-state index in [0.717, 1.165) is 22.5 Å². The van der Waals surface area contributed by atoms with E-state index in [1.54, 1.807) is 0 Å². The van der Waals surface area contributed by atoms with E-state index in [9.17, 15) is 36.3 Å². The van der Waals surface area contributed by atoms with Gasteiger partial charge in [0.25, 0.3) is 5.91 Å². The van der Waals surface area contributed by atoms with Gasteiger partial charge in [0.2, 0.25) is 15.9 Å². The zero-order chi connectivity index (χ0) is 25.8. The molecule has 0 aliphatic carbocycles. The molecule has 3 N–H and O–H groups in total. The predicted molar refractivity (Wildman–Crippen MR) is 121 cm³/mol. The zero-order valence-electron chi connectivity index (χ0n) is 18.5. The first-order valence-electron chi connectivity index (χ1n) is 10.6. The number of aliphatic hydroxyl groups excluding tert-OH is 1. The van der Waals surface area contributed by atoms with Gasteiger partial charge in [-0.05, 0) is 54.5 Å². The van der Waals surface area contributed by atoms with Crippen molar-refractivity contribution in [2.75, 3.05) is 13.2 Å². The summed E-state index contributed by atoms with van der Waals surface area (Å²) in [4.78, 5) is 23.9. The van der Waals surface area contributed by atoms with Crippen LogP contribution in [0.15, 0.2) is 66.1 Å². The quantitative estimate of drug-likeness (QED) is 0.470. The second-order valence-corrected chi connectivity index (χ2v) is 9.85.